The number of nitrogens with zero attached hydrogens (tertiary/aromatic N) is 3. The van der Waals surface area contributed by atoms with Crippen LogP contribution in [0.5, 0.6) is 0 Å². The first-order chi connectivity index (χ1) is 13.1. The van der Waals surface area contributed by atoms with Gasteiger partial charge < -0.3 is 14.3 Å². The maximum absolute atomic E-state index is 10.6. The molecule has 7 nitrogen and oxygen atoms in total. The van der Waals surface area contributed by atoms with Crippen molar-refractivity contribution in [2.24, 2.45) is 0 Å². The summed E-state index contributed by atoms with van der Waals surface area (Å²) in [7, 11) is 1.73. The number of methoxy groups -OCH3 is 1. The van der Waals surface area contributed by atoms with Crippen LogP contribution >= 0.6 is 0 Å². The van der Waals surface area contributed by atoms with Crippen molar-refractivity contribution in [2.45, 2.75) is 52.2 Å². The Balaban J connectivity index is 0.000000345. The van der Waals surface area contributed by atoms with E-state index in [0.717, 1.165) is 31.7 Å². The number of carbonyl (C=O) groups is 1. The first-order valence-electron chi connectivity index (χ1n) is 8.75. The number of aliphatic carboxylic acids is 1. The van der Waals surface area contributed by atoms with Crippen LogP contribution in [0.15, 0.2) is 23.0 Å². The lowest BCUT2D eigenvalue weighted by atomic mass is 10.0. The average Bonchev–Trinajstić information content (AvgIpc) is 3.23. The molecular formula is C18H24F3N3O4. The molecule has 2 aromatic rings. The third kappa shape index (κ3) is 5.59. The Morgan fingerprint density at radius 3 is 2.61 bits per heavy atom. The van der Waals surface area contributed by atoms with E-state index in [0.29, 0.717) is 12.6 Å². The highest BCUT2D eigenvalue weighted by Crippen LogP contribution is 2.26. The number of carboxylic acid groups (broad SMARTS) is 1. The van der Waals surface area contributed by atoms with E-state index >= 15 is 0 Å². The number of hydrogen-bond acceptors (Lipinski definition) is 5. The van der Waals surface area contributed by atoms with Crippen molar-refractivity contribution in [3.05, 3.63) is 41.1 Å². The Kier molecular flexibility index (Phi) is 7.25. The molecule has 1 N–H and O–H groups in total. The zero-order valence-electron chi connectivity index (χ0n) is 16.0. The SMILES string of the molecule is COCc1nn(C(C)C)c2c1CCN(Cc1ccoc1)C2.O=C(O)C(F)(F)F. The number of fused-ring (bicyclic) bond motifs is 1. The first-order valence-corrected chi connectivity index (χ1v) is 8.75. The molecule has 0 saturated heterocycles. The van der Waals surface area contributed by atoms with E-state index in [2.05, 4.69) is 23.4 Å². The normalized spacial score (nSPS) is 14.5. The largest absolute Gasteiger partial charge is 0.490 e. The Morgan fingerprint density at radius 1 is 1.43 bits per heavy atom. The van der Waals surface area contributed by atoms with Crippen LogP contribution in [0.3, 0.4) is 0 Å². The van der Waals surface area contributed by atoms with E-state index in [9.17, 15) is 13.2 Å². The second kappa shape index (κ2) is 9.24. The molecule has 0 bridgehead atoms. The number of carboxylic acids is 1. The molecule has 28 heavy (non-hydrogen) atoms. The molecule has 0 amide bonds. The Labute approximate surface area is 160 Å². The zero-order chi connectivity index (χ0) is 20.9. The van der Waals surface area contributed by atoms with Crippen LogP contribution in [-0.4, -0.2) is 45.6 Å². The Hall–Kier alpha value is -2.33. The Bertz CT molecular complexity index is 770. The number of furan rings is 1. The molecule has 0 unspecified atom stereocenters. The van der Waals surface area contributed by atoms with Crippen molar-refractivity contribution in [2.75, 3.05) is 13.7 Å². The monoisotopic (exact) mass is 403 g/mol. The van der Waals surface area contributed by atoms with Crippen molar-refractivity contribution in [1.82, 2.24) is 14.7 Å². The van der Waals surface area contributed by atoms with E-state index in [1.807, 2.05) is 12.3 Å². The van der Waals surface area contributed by atoms with Crippen LogP contribution < -0.4 is 0 Å². The minimum Gasteiger partial charge on any atom is -0.475 e. The minimum absolute atomic E-state index is 0.373. The van der Waals surface area contributed by atoms with E-state index in [-0.39, 0.29) is 0 Å². The third-order valence-corrected chi connectivity index (χ3v) is 4.25. The van der Waals surface area contributed by atoms with Crippen LogP contribution in [0.1, 0.15) is 42.4 Å². The van der Waals surface area contributed by atoms with E-state index in [4.69, 9.17) is 24.2 Å². The van der Waals surface area contributed by atoms with Gasteiger partial charge >= 0.3 is 12.1 Å². The number of halogens is 3. The molecule has 0 saturated carbocycles. The summed E-state index contributed by atoms with van der Waals surface area (Å²) >= 11 is 0. The van der Waals surface area contributed by atoms with Crippen molar-refractivity contribution in [1.29, 1.82) is 0 Å². The predicted octanol–water partition coefficient (Wildman–Crippen LogP) is 3.40. The number of rotatable bonds is 5. The van der Waals surface area contributed by atoms with E-state index in [1.165, 1.54) is 16.8 Å². The van der Waals surface area contributed by atoms with Gasteiger partial charge in [-0.3, -0.25) is 9.58 Å². The Morgan fingerprint density at radius 2 is 2.11 bits per heavy atom. The first kappa shape index (κ1) is 22.0. The standard InChI is InChI=1S/C16H23N3O2.C2HF3O2/c1-12(2)19-16-9-18(8-13-5-7-21-10-13)6-4-14(16)15(17-19)11-20-3;3-2(4,5)1(6)7/h5,7,10,12H,4,6,8-9,11H2,1-3H3;(H,6,7). The second-order valence-corrected chi connectivity index (χ2v) is 6.74. The topological polar surface area (TPSA) is 80.7 Å². The molecule has 2 aromatic heterocycles. The van der Waals surface area contributed by atoms with Gasteiger partial charge in [0.2, 0.25) is 0 Å². The number of aromatic nitrogens is 2. The van der Waals surface area contributed by atoms with Gasteiger partial charge in [0.25, 0.3) is 0 Å². The van der Waals surface area contributed by atoms with Gasteiger partial charge in [0.1, 0.15) is 0 Å². The molecule has 0 radical (unpaired) electrons. The van der Waals surface area contributed by atoms with Gasteiger partial charge in [0.05, 0.1) is 30.5 Å². The predicted molar refractivity (Wildman–Crippen MR) is 93.5 cm³/mol. The molecular weight excluding hydrogens is 379 g/mol. The third-order valence-electron chi connectivity index (χ3n) is 4.25. The summed E-state index contributed by atoms with van der Waals surface area (Å²) in [6, 6.07) is 2.41. The molecule has 0 atom stereocenters. The average molecular weight is 403 g/mol. The van der Waals surface area contributed by atoms with Crippen molar-refractivity contribution >= 4 is 5.97 Å². The van der Waals surface area contributed by atoms with Crippen LogP contribution in [0.4, 0.5) is 13.2 Å². The van der Waals surface area contributed by atoms with Crippen molar-refractivity contribution in [3.63, 3.8) is 0 Å². The fraction of sp³-hybridized carbons (Fsp3) is 0.556. The van der Waals surface area contributed by atoms with Crippen LogP contribution in [0.25, 0.3) is 0 Å². The van der Waals surface area contributed by atoms with Crippen LogP contribution in [-0.2, 0) is 35.6 Å². The molecule has 0 spiro atoms. The lowest BCUT2D eigenvalue weighted by Gasteiger charge is -2.28. The molecule has 1 aliphatic rings. The highest BCUT2D eigenvalue weighted by molar-refractivity contribution is 5.73. The number of alkyl halides is 3. The molecule has 1 aliphatic heterocycles. The van der Waals surface area contributed by atoms with Gasteiger partial charge in [-0.05, 0) is 26.3 Å². The smallest absolute Gasteiger partial charge is 0.475 e. The van der Waals surface area contributed by atoms with Crippen LogP contribution in [0, 0.1) is 0 Å². The van der Waals surface area contributed by atoms with Gasteiger partial charge in [-0.1, -0.05) is 0 Å². The quantitative estimate of drug-likeness (QED) is 0.824. The van der Waals surface area contributed by atoms with Gasteiger partial charge in [-0.25, -0.2) is 4.79 Å². The lowest BCUT2D eigenvalue weighted by molar-refractivity contribution is -0.192. The summed E-state index contributed by atoms with van der Waals surface area (Å²) in [6.07, 6.45) is -0.482. The van der Waals surface area contributed by atoms with E-state index in [1.54, 1.807) is 13.4 Å². The molecule has 3 heterocycles. The maximum atomic E-state index is 10.6. The van der Waals surface area contributed by atoms with Gasteiger partial charge in [0.15, 0.2) is 0 Å². The summed E-state index contributed by atoms with van der Waals surface area (Å²) in [5.41, 5.74) is 5.05. The molecule has 0 fully saturated rings. The highest BCUT2D eigenvalue weighted by Gasteiger charge is 2.38. The highest BCUT2D eigenvalue weighted by atomic mass is 19.4. The van der Waals surface area contributed by atoms with Crippen molar-refractivity contribution in [3.8, 4) is 0 Å². The van der Waals surface area contributed by atoms with Gasteiger partial charge in [0, 0.05) is 43.9 Å². The number of hydrogen-bond donors (Lipinski definition) is 1. The van der Waals surface area contributed by atoms with Gasteiger partial charge in [-0.2, -0.15) is 18.3 Å². The summed E-state index contributed by atoms with van der Waals surface area (Å²) in [6.45, 7) is 7.88. The maximum Gasteiger partial charge on any atom is 0.490 e. The van der Waals surface area contributed by atoms with Crippen LogP contribution in [0.2, 0.25) is 0 Å². The minimum atomic E-state index is -5.08. The molecule has 0 aromatic carbocycles. The fourth-order valence-corrected chi connectivity index (χ4v) is 3.03. The summed E-state index contributed by atoms with van der Waals surface area (Å²) < 4.78 is 44.4. The summed E-state index contributed by atoms with van der Waals surface area (Å²) in [5.74, 6) is -2.76. The zero-order valence-corrected chi connectivity index (χ0v) is 16.0. The van der Waals surface area contributed by atoms with Crippen molar-refractivity contribution < 1.29 is 32.2 Å². The summed E-state index contributed by atoms with van der Waals surface area (Å²) in [4.78, 5) is 11.3. The second-order valence-electron chi connectivity index (χ2n) is 6.74. The molecule has 10 heteroatoms. The molecule has 0 aliphatic carbocycles. The lowest BCUT2D eigenvalue weighted by Crippen LogP contribution is -2.31. The van der Waals surface area contributed by atoms with Gasteiger partial charge in [-0.15, -0.1) is 0 Å². The molecule has 156 valence electrons. The fourth-order valence-electron chi connectivity index (χ4n) is 3.03. The van der Waals surface area contributed by atoms with E-state index < -0.39 is 12.1 Å². The number of ether oxygens (including phenoxy) is 1. The summed E-state index contributed by atoms with van der Waals surface area (Å²) in [5, 5.41) is 11.9. The molecule has 3 rings (SSSR count).